The van der Waals surface area contributed by atoms with E-state index < -0.39 is 11.8 Å². The van der Waals surface area contributed by atoms with E-state index >= 15 is 0 Å². The van der Waals surface area contributed by atoms with Gasteiger partial charge in [0.05, 0.1) is 5.69 Å². The maximum absolute atomic E-state index is 13.5. The van der Waals surface area contributed by atoms with Crippen molar-refractivity contribution in [3.63, 3.8) is 0 Å². The molecule has 5 heteroatoms. The third-order valence-electron chi connectivity index (χ3n) is 2.16. The molecule has 3 nitrogen and oxygen atoms in total. The molecule has 1 heterocycles. The van der Waals surface area contributed by atoms with Crippen molar-refractivity contribution in [3.8, 4) is 0 Å². The number of aliphatic hydroxyl groups is 1. The number of thiazole rings is 1. The molecule has 0 aromatic carbocycles. The van der Waals surface area contributed by atoms with Crippen molar-refractivity contribution in [2.75, 3.05) is 6.54 Å². The molecule has 1 rings (SSSR count). The van der Waals surface area contributed by atoms with Crippen LogP contribution in [0.3, 0.4) is 0 Å². The van der Waals surface area contributed by atoms with Gasteiger partial charge in [-0.1, -0.05) is 0 Å². The second-order valence-electron chi connectivity index (χ2n) is 4.07. The molecule has 0 aliphatic rings. The number of alkyl halides is 1. The van der Waals surface area contributed by atoms with E-state index in [1.807, 2.05) is 6.92 Å². The first-order valence-corrected chi connectivity index (χ1v) is 5.71. The zero-order valence-corrected chi connectivity index (χ0v) is 10.1. The van der Waals surface area contributed by atoms with Gasteiger partial charge >= 0.3 is 0 Å². The largest absolute Gasteiger partial charge is 0.383 e. The first-order valence-electron chi connectivity index (χ1n) is 4.89. The topological polar surface area (TPSA) is 59.1 Å². The number of aliphatic hydroxyl groups excluding tert-OH is 1. The Morgan fingerprint density at radius 1 is 1.60 bits per heavy atom. The van der Waals surface area contributed by atoms with Gasteiger partial charge in [-0.2, -0.15) is 0 Å². The van der Waals surface area contributed by atoms with Crippen molar-refractivity contribution < 1.29 is 9.50 Å². The second kappa shape index (κ2) is 4.55. The number of aromatic nitrogens is 1. The van der Waals surface area contributed by atoms with Gasteiger partial charge < -0.3 is 10.8 Å². The molecule has 0 aliphatic heterocycles. The van der Waals surface area contributed by atoms with E-state index in [4.69, 9.17) is 5.73 Å². The molecule has 0 fully saturated rings. The molecule has 0 radical (unpaired) electrons. The van der Waals surface area contributed by atoms with Crippen molar-refractivity contribution in [1.82, 2.24) is 4.98 Å². The number of nitrogens with zero attached hydrogens (tertiary/aromatic N) is 1. The number of hydrogen-bond donors (Lipinski definition) is 2. The lowest BCUT2D eigenvalue weighted by molar-refractivity contribution is 0.0159. The highest BCUT2D eigenvalue weighted by molar-refractivity contribution is 7.11. The van der Waals surface area contributed by atoms with E-state index in [2.05, 4.69) is 4.98 Å². The molecule has 0 saturated carbocycles. The van der Waals surface area contributed by atoms with E-state index in [1.54, 1.807) is 0 Å². The number of hydrogen-bond acceptors (Lipinski definition) is 4. The Morgan fingerprint density at radius 2 is 2.20 bits per heavy atom. The lowest BCUT2D eigenvalue weighted by Crippen LogP contribution is -2.23. The van der Waals surface area contributed by atoms with Gasteiger partial charge in [0.25, 0.3) is 0 Å². The summed E-state index contributed by atoms with van der Waals surface area (Å²) in [6, 6.07) is 0. The molecule has 0 bridgehead atoms. The van der Waals surface area contributed by atoms with Crippen molar-refractivity contribution in [2.24, 2.45) is 5.73 Å². The van der Waals surface area contributed by atoms with Crippen LogP contribution in [0.4, 0.5) is 4.39 Å². The summed E-state index contributed by atoms with van der Waals surface area (Å²) in [6.07, 6.45) is -0.434. The van der Waals surface area contributed by atoms with Crippen LogP contribution in [0.2, 0.25) is 0 Å². The summed E-state index contributed by atoms with van der Waals surface area (Å²) in [4.78, 5) is 5.19. The molecule has 1 aromatic heterocycles. The standard InChI is InChI=1S/C10H17FN2OS/c1-6-7(4-5-12)15-9(13-6)8(14)10(2,3)11/h8,14H,4-5,12H2,1-3H3. The molecular weight excluding hydrogens is 215 g/mol. The molecule has 1 atom stereocenters. The third-order valence-corrected chi connectivity index (χ3v) is 3.43. The van der Waals surface area contributed by atoms with Crippen LogP contribution in [0.1, 0.15) is 35.5 Å². The quantitative estimate of drug-likeness (QED) is 0.831. The predicted octanol–water partition coefficient (Wildman–Crippen LogP) is 1.73. The zero-order valence-electron chi connectivity index (χ0n) is 9.25. The summed E-state index contributed by atoms with van der Waals surface area (Å²) in [5, 5.41) is 10.1. The number of rotatable bonds is 4. The molecule has 0 amide bonds. The van der Waals surface area contributed by atoms with Crippen molar-refractivity contribution in [2.45, 2.75) is 39.0 Å². The van der Waals surface area contributed by atoms with Gasteiger partial charge in [-0.05, 0) is 33.7 Å². The third kappa shape index (κ3) is 2.96. The SMILES string of the molecule is Cc1nc(C(O)C(C)(C)F)sc1CCN. The molecule has 0 spiro atoms. The Morgan fingerprint density at radius 3 is 2.67 bits per heavy atom. The van der Waals surface area contributed by atoms with Crippen LogP contribution < -0.4 is 5.73 Å². The van der Waals surface area contributed by atoms with Gasteiger partial charge in [0, 0.05) is 4.88 Å². The minimum absolute atomic E-state index is 0.434. The molecule has 0 aliphatic carbocycles. The molecule has 3 N–H and O–H groups in total. The fourth-order valence-corrected chi connectivity index (χ4v) is 2.46. The Labute approximate surface area is 93.1 Å². The maximum Gasteiger partial charge on any atom is 0.139 e. The summed E-state index contributed by atoms with van der Waals surface area (Å²) in [5.41, 5.74) is 4.62. The van der Waals surface area contributed by atoms with Crippen LogP contribution in [-0.4, -0.2) is 22.3 Å². The van der Waals surface area contributed by atoms with Crippen LogP contribution >= 0.6 is 11.3 Å². The van der Waals surface area contributed by atoms with E-state index in [9.17, 15) is 9.50 Å². The second-order valence-corrected chi connectivity index (χ2v) is 5.18. The minimum atomic E-state index is -1.66. The number of aryl methyl sites for hydroxylation is 1. The average Bonchev–Trinajstić information content (AvgIpc) is 2.46. The molecule has 86 valence electrons. The Bertz CT molecular complexity index is 333. The Hall–Kier alpha value is -0.520. The van der Waals surface area contributed by atoms with Gasteiger partial charge in [0.1, 0.15) is 16.8 Å². The monoisotopic (exact) mass is 232 g/mol. The van der Waals surface area contributed by atoms with Crippen LogP contribution in [-0.2, 0) is 6.42 Å². The van der Waals surface area contributed by atoms with Gasteiger partial charge in [0.2, 0.25) is 0 Å². The maximum atomic E-state index is 13.5. The fraction of sp³-hybridized carbons (Fsp3) is 0.700. The van der Waals surface area contributed by atoms with E-state index in [0.29, 0.717) is 11.6 Å². The average molecular weight is 232 g/mol. The van der Waals surface area contributed by atoms with Gasteiger partial charge in [-0.25, -0.2) is 9.37 Å². The summed E-state index contributed by atoms with van der Waals surface area (Å²) in [6.45, 7) is 5.08. The normalized spacial score (nSPS) is 14.3. The summed E-state index contributed by atoms with van der Waals surface area (Å²) >= 11 is 1.34. The van der Waals surface area contributed by atoms with Crippen molar-refractivity contribution >= 4 is 11.3 Å². The first-order chi connectivity index (χ1) is 6.86. The van der Waals surface area contributed by atoms with Crippen LogP contribution in [0.25, 0.3) is 0 Å². The summed E-state index contributed by atoms with van der Waals surface area (Å²) in [7, 11) is 0. The van der Waals surface area contributed by atoms with Gasteiger partial charge in [0.15, 0.2) is 0 Å². The van der Waals surface area contributed by atoms with E-state index in [-0.39, 0.29) is 0 Å². The molecule has 1 aromatic rings. The molecule has 1 unspecified atom stereocenters. The minimum Gasteiger partial charge on any atom is -0.383 e. The van der Waals surface area contributed by atoms with Crippen molar-refractivity contribution in [1.29, 1.82) is 0 Å². The van der Waals surface area contributed by atoms with Crippen molar-refractivity contribution in [3.05, 3.63) is 15.6 Å². The molecular formula is C10H17FN2OS. The first kappa shape index (κ1) is 12.5. The summed E-state index contributed by atoms with van der Waals surface area (Å²) in [5.74, 6) is 0. The van der Waals surface area contributed by atoms with Gasteiger partial charge in [-0.15, -0.1) is 11.3 Å². The van der Waals surface area contributed by atoms with Crippen LogP contribution in [0, 0.1) is 6.92 Å². The highest BCUT2D eigenvalue weighted by Gasteiger charge is 2.31. The number of halogens is 1. The highest BCUT2D eigenvalue weighted by atomic mass is 32.1. The summed E-state index contributed by atoms with van der Waals surface area (Å²) < 4.78 is 13.5. The van der Waals surface area contributed by atoms with Crippen LogP contribution in [0.15, 0.2) is 0 Å². The predicted molar refractivity (Wildman–Crippen MR) is 59.8 cm³/mol. The van der Waals surface area contributed by atoms with E-state index in [1.165, 1.54) is 25.2 Å². The smallest absolute Gasteiger partial charge is 0.139 e. The Balaban J connectivity index is 2.92. The van der Waals surface area contributed by atoms with Gasteiger partial charge in [-0.3, -0.25) is 0 Å². The molecule has 15 heavy (non-hydrogen) atoms. The van der Waals surface area contributed by atoms with Crippen LogP contribution in [0.5, 0.6) is 0 Å². The fourth-order valence-electron chi connectivity index (χ4n) is 1.22. The molecule has 0 saturated heterocycles. The van der Waals surface area contributed by atoms with E-state index in [0.717, 1.165) is 17.0 Å². The highest BCUT2D eigenvalue weighted by Crippen LogP contribution is 2.32. The zero-order chi connectivity index (χ0) is 11.6. The number of nitrogens with two attached hydrogens (primary N) is 1. The lowest BCUT2D eigenvalue weighted by Gasteiger charge is -2.19. The lowest BCUT2D eigenvalue weighted by atomic mass is 10.1. The Kier molecular flexibility index (Phi) is 3.81.